The molecule has 1 aromatic heterocycles. The summed E-state index contributed by atoms with van der Waals surface area (Å²) in [5.74, 6) is 1.66. The van der Waals surface area contributed by atoms with Gasteiger partial charge < -0.3 is 14.1 Å². The third kappa shape index (κ3) is 5.20. The Kier molecular flexibility index (Phi) is 6.90. The minimum absolute atomic E-state index is 0.0839. The highest BCUT2D eigenvalue weighted by molar-refractivity contribution is 6.00. The van der Waals surface area contributed by atoms with Crippen LogP contribution in [0, 0.1) is 0 Å². The Morgan fingerprint density at radius 1 is 0.806 bits per heavy atom. The molecule has 0 saturated carbocycles. The van der Waals surface area contributed by atoms with E-state index in [0.29, 0.717) is 35.9 Å². The lowest BCUT2D eigenvalue weighted by Crippen LogP contribution is -2.30. The Hall–Kier alpha value is -4.64. The van der Waals surface area contributed by atoms with Crippen molar-refractivity contribution in [1.29, 1.82) is 0 Å². The zero-order chi connectivity index (χ0) is 24.7. The van der Waals surface area contributed by atoms with Gasteiger partial charge in [0.1, 0.15) is 5.75 Å². The zero-order valence-electron chi connectivity index (χ0n) is 20.0. The molecule has 0 spiro atoms. The highest BCUT2D eigenvalue weighted by Crippen LogP contribution is 2.30. The fourth-order valence-corrected chi connectivity index (χ4v) is 4.14. The lowest BCUT2D eigenvalue weighted by Gasteiger charge is -2.24. The van der Waals surface area contributed by atoms with E-state index in [1.54, 1.807) is 13.3 Å². The number of carbonyl (C=O) groups is 1. The lowest BCUT2D eigenvalue weighted by atomic mass is 10.0. The predicted molar refractivity (Wildman–Crippen MR) is 140 cm³/mol. The van der Waals surface area contributed by atoms with E-state index >= 15 is 0 Å². The number of amides is 1. The second-order valence-electron chi connectivity index (χ2n) is 8.44. The first-order chi connectivity index (χ1) is 17.7. The number of benzene rings is 4. The van der Waals surface area contributed by atoms with Crippen LogP contribution in [0.1, 0.15) is 21.5 Å². The van der Waals surface area contributed by atoms with Gasteiger partial charge in [-0.15, -0.1) is 0 Å². The Morgan fingerprint density at radius 2 is 1.44 bits per heavy atom. The van der Waals surface area contributed by atoms with Crippen LogP contribution in [-0.4, -0.2) is 22.9 Å². The van der Waals surface area contributed by atoms with Gasteiger partial charge in [0.25, 0.3) is 5.91 Å². The summed E-state index contributed by atoms with van der Waals surface area (Å²) in [6.45, 7) is 0.979. The third-order valence-corrected chi connectivity index (χ3v) is 5.97. The molecule has 0 unspecified atom stereocenters. The average Bonchev–Trinajstić information content (AvgIpc) is 3.44. The molecule has 0 fully saturated rings. The van der Waals surface area contributed by atoms with Crippen LogP contribution in [0.4, 0.5) is 0 Å². The zero-order valence-corrected chi connectivity index (χ0v) is 20.0. The molecule has 1 amide bonds. The second kappa shape index (κ2) is 10.7. The van der Waals surface area contributed by atoms with Gasteiger partial charge in [-0.1, -0.05) is 84.9 Å². The summed E-state index contributed by atoms with van der Waals surface area (Å²) in [7, 11) is 1.63. The summed E-state index contributed by atoms with van der Waals surface area (Å²) in [6, 6.07) is 35.1. The second-order valence-corrected chi connectivity index (χ2v) is 8.44. The Bertz CT molecular complexity index is 1400. The number of hydrogen-bond donors (Lipinski definition) is 0. The molecule has 4 aromatic carbocycles. The quantitative estimate of drug-likeness (QED) is 0.247. The van der Waals surface area contributed by atoms with Crippen molar-refractivity contribution in [2.75, 3.05) is 7.11 Å². The van der Waals surface area contributed by atoms with Gasteiger partial charge in [0.05, 0.1) is 18.9 Å². The monoisotopic (exact) mass is 474 g/mol. The van der Waals surface area contributed by atoms with Gasteiger partial charge in [0.15, 0.2) is 5.76 Å². The van der Waals surface area contributed by atoms with Gasteiger partial charge in [0.2, 0.25) is 5.89 Å². The smallest absolute Gasteiger partial charge is 0.255 e. The van der Waals surface area contributed by atoms with Gasteiger partial charge in [-0.2, -0.15) is 0 Å². The first kappa shape index (κ1) is 23.1. The van der Waals surface area contributed by atoms with Crippen LogP contribution in [0.3, 0.4) is 0 Å². The summed E-state index contributed by atoms with van der Waals surface area (Å²) in [5.41, 5.74) is 4.18. The molecular formula is C31H26N2O3. The average molecular weight is 475 g/mol. The summed E-state index contributed by atoms with van der Waals surface area (Å²) >= 11 is 0. The van der Waals surface area contributed by atoms with Gasteiger partial charge in [-0.3, -0.25) is 4.79 Å². The highest BCUT2D eigenvalue weighted by atomic mass is 16.5. The molecular weight excluding hydrogens is 448 g/mol. The maximum atomic E-state index is 13.9. The van der Waals surface area contributed by atoms with Crippen molar-refractivity contribution in [1.82, 2.24) is 9.88 Å². The molecule has 0 aliphatic rings. The summed E-state index contributed by atoms with van der Waals surface area (Å²) in [6.07, 6.45) is 1.68. The molecule has 0 bridgehead atoms. The number of carbonyl (C=O) groups excluding carboxylic acids is 1. The van der Waals surface area contributed by atoms with E-state index in [0.717, 1.165) is 22.4 Å². The Balaban J connectivity index is 1.48. The third-order valence-electron chi connectivity index (χ3n) is 5.97. The van der Waals surface area contributed by atoms with E-state index in [9.17, 15) is 4.79 Å². The number of methoxy groups -OCH3 is 1. The van der Waals surface area contributed by atoms with Gasteiger partial charge in [-0.05, 0) is 35.4 Å². The number of oxazole rings is 1. The van der Waals surface area contributed by atoms with Crippen LogP contribution in [-0.2, 0) is 13.1 Å². The van der Waals surface area contributed by atoms with E-state index in [1.807, 2.05) is 114 Å². The van der Waals surface area contributed by atoms with Crippen molar-refractivity contribution in [2.24, 2.45) is 0 Å². The Morgan fingerprint density at radius 3 is 2.11 bits per heavy atom. The summed E-state index contributed by atoms with van der Waals surface area (Å²) < 4.78 is 11.5. The number of rotatable bonds is 8. The number of hydrogen-bond acceptors (Lipinski definition) is 4. The molecule has 0 atom stereocenters. The molecule has 5 rings (SSSR count). The minimum Gasteiger partial charge on any atom is -0.497 e. The van der Waals surface area contributed by atoms with Crippen LogP contribution in [0.25, 0.3) is 22.8 Å². The Labute approximate surface area is 210 Å². The minimum atomic E-state index is -0.0839. The first-order valence-corrected chi connectivity index (χ1v) is 11.8. The van der Waals surface area contributed by atoms with Crippen molar-refractivity contribution >= 4 is 5.91 Å². The largest absolute Gasteiger partial charge is 0.497 e. The summed E-state index contributed by atoms with van der Waals surface area (Å²) in [5, 5.41) is 0. The lowest BCUT2D eigenvalue weighted by molar-refractivity contribution is 0.0730. The molecule has 0 aliphatic carbocycles. The first-order valence-electron chi connectivity index (χ1n) is 11.8. The molecule has 0 N–H and O–H groups in total. The van der Waals surface area contributed by atoms with Crippen LogP contribution in [0.15, 0.2) is 120 Å². The summed E-state index contributed by atoms with van der Waals surface area (Å²) in [4.78, 5) is 20.3. The molecule has 0 saturated heterocycles. The number of aromatic nitrogens is 1. The topological polar surface area (TPSA) is 55.6 Å². The SMILES string of the molecule is COc1cccc(-c2cnc(-c3ccccc3C(=O)N(Cc3ccccc3)Cc3ccccc3)o2)c1. The number of ether oxygens (including phenoxy) is 1. The van der Waals surface area contributed by atoms with Crippen LogP contribution < -0.4 is 4.74 Å². The van der Waals surface area contributed by atoms with E-state index in [4.69, 9.17) is 9.15 Å². The molecule has 5 aromatic rings. The van der Waals surface area contributed by atoms with E-state index in [2.05, 4.69) is 4.98 Å². The fraction of sp³-hybridized carbons (Fsp3) is 0.0968. The molecule has 5 heteroatoms. The van der Waals surface area contributed by atoms with Crippen molar-refractivity contribution < 1.29 is 13.9 Å². The molecule has 178 valence electrons. The van der Waals surface area contributed by atoms with Gasteiger partial charge in [0, 0.05) is 24.2 Å². The van der Waals surface area contributed by atoms with Crippen molar-refractivity contribution in [3.8, 4) is 28.5 Å². The van der Waals surface area contributed by atoms with Crippen molar-refractivity contribution in [3.05, 3.63) is 132 Å². The highest BCUT2D eigenvalue weighted by Gasteiger charge is 2.22. The molecule has 0 radical (unpaired) electrons. The molecule has 36 heavy (non-hydrogen) atoms. The van der Waals surface area contributed by atoms with E-state index in [-0.39, 0.29) is 5.91 Å². The maximum Gasteiger partial charge on any atom is 0.255 e. The molecule has 5 nitrogen and oxygen atoms in total. The molecule has 0 aliphatic heterocycles. The van der Waals surface area contributed by atoms with Crippen LogP contribution in [0.5, 0.6) is 5.75 Å². The standard InChI is InChI=1S/C31H26N2O3/c1-35-26-16-10-15-25(19-26)29-20-32-30(36-29)27-17-8-9-18-28(27)31(34)33(21-23-11-4-2-5-12-23)22-24-13-6-3-7-14-24/h2-20H,21-22H2,1H3. The van der Waals surface area contributed by atoms with Crippen molar-refractivity contribution in [2.45, 2.75) is 13.1 Å². The van der Waals surface area contributed by atoms with E-state index < -0.39 is 0 Å². The number of nitrogens with zero attached hydrogens (tertiary/aromatic N) is 2. The fourth-order valence-electron chi connectivity index (χ4n) is 4.14. The normalized spacial score (nSPS) is 10.7. The van der Waals surface area contributed by atoms with Gasteiger partial charge in [-0.25, -0.2) is 4.98 Å². The van der Waals surface area contributed by atoms with Gasteiger partial charge >= 0.3 is 0 Å². The van der Waals surface area contributed by atoms with Crippen LogP contribution >= 0.6 is 0 Å². The van der Waals surface area contributed by atoms with Crippen LogP contribution in [0.2, 0.25) is 0 Å². The predicted octanol–water partition coefficient (Wildman–Crippen LogP) is 6.86. The van der Waals surface area contributed by atoms with E-state index in [1.165, 1.54) is 0 Å². The molecule has 1 heterocycles. The maximum absolute atomic E-state index is 13.9. The van der Waals surface area contributed by atoms with Crippen molar-refractivity contribution in [3.63, 3.8) is 0 Å².